The van der Waals surface area contributed by atoms with E-state index in [0.29, 0.717) is 5.75 Å². The Morgan fingerprint density at radius 3 is 2.43 bits per heavy atom. The van der Waals surface area contributed by atoms with Crippen LogP contribution < -0.4 is 0 Å². The number of fused-ring (bicyclic) bond motifs is 1. The lowest BCUT2D eigenvalue weighted by Crippen LogP contribution is -1.89. The second-order valence-electron chi connectivity index (χ2n) is 5.62. The molecular weight excluding hydrogens is 260 g/mol. The molecular formula is C19H18O2. The lowest BCUT2D eigenvalue weighted by molar-refractivity contribution is 0.468. The third-order valence-electron chi connectivity index (χ3n) is 4.20. The molecule has 0 amide bonds. The second kappa shape index (κ2) is 4.81. The van der Waals surface area contributed by atoms with E-state index in [1.54, 1.807) is 12.1 Å². The molecule has 0 saturated heterocycles. The molecule has 0 atom stereocenters. The lowest BCUT2D eigenvalue weighted by atomic mass is 9.98. The summed E-state index contributed by atoms with van der Waals surface area (Å²) in [6.07, 6.45) is 2.84. The minimum atomic E-state index is 0.259. The number of aromatic hydroxyl groups is 2. The van der Waals surface area contributed by atoms with E-state index in [0.717, 1.165) is 45.4 Å². The van der Waals surface area contributed by atoms with Crippen molar-refractivity contribution in [2.24, 2.45) is 0 Å². The number of hydrogen-bond acceptors (Lipinski definition) is 2. The van der Waals surface area contributed by atoms with Gasteiger partial charge in [0.05, 0.1) is 0 Å². The van der Waals surface area contributed by atoms with Gasteiger partial charge in [0, 0.05) is 5.56 Å². The van der Waals surface area contributed by atoms with Gasteiger partial charge in [-0.25, -0.2) is 0 Å². The smallest absolute Gasteiger partial charge is 0.126 e. The molecule has 21 heavy (non-hydrogen) atoms. The van der Waals surface area contributed by atoms with Crippen molar-refractivity contribution in [3.8, 4) is 11.5 Å². The molecule has 0 radical (unpaired) electrons. The molecule has 3 rings (SSSR count). The number of hydrogen-bond donors (Lipinski definition) is 2. The lowest BCUT2D eigenvalue weighted by Gasteiger charge is -2.09. The Bertz CT molecular complexity index is 765. The third-order valence-corrected chi connectivity index (χ3v) is 4.20. The molecule has 2 nitrogen and oxygen atoms in total. The predicted molar refractivity (Wildman–Crippen MR) is 86.4 cm³/mol. The highest BCUT2D eigenvalue weighted by Gasteiger charge is 2.24. The van der Waals surface area contributed by atoms with Gasteiger partial charge in [0.25, 0.3) is 0 Å². The Morgan fingerprint density at radius 2 is 1.76 bits per heavy atom. The maximum absolute atomic E-state index is 10.4. The fourth-order valence-electron chi connectivity index (χ4n) is 2.83. The van der Waals surface area contributed by atoms with Crippen LogP contribution in [0, 0.1) is 13.8 Å². The first-order valence-electron chi connectivity index (χ1n) is 6.98. The maximum atomic E-state index is 10.4. The van der Waals surface area contributed by atoms with Crippen molar-refractivity contribution in [2.75, 3.05) is 0 Å². The standard InChI is InChI=1S/C19H18O2/c1-11-8-16-10-15(9-14-4-6-17(20)7-5-14)13(3)18(16)19(21)12(11)2/h4-9,20-21H,3,10H2,1-2H3/b15-9+. The highest BCUT2D eigenvalue weighted by Crippen LogP contribution is 2.43. The normalized spacial score (nSPS) is 15.5. The molecule has 0 heterocycles. The summed E-state index contributed by atoms with van der Waals surface area (Å²) in [4.78, 5) is 0. The Kier molecular flexibility index (Phi) is 3.09. The maximum Gasteiger partial charge on any atom is 0.126 e. The van der Waals surface area contributed by atoms with Gasteiger partial charge in [-0.05, 0) is 65.8 Å². The minimum absolute atomic E-state index is 0.259. The average Bonchev–Trinajstić information content (AvgIpc) is 2.75. The Hall–Kier alpha value is -2.48. The van der Waals surface area contributed by atoms with E-state index < -0.39 is 0 Å². The second-order valence-corrected chi connectivity index (χ2v) is 5.62. The largest absolute Gasteiger partial charge is 0.508 e. The van der Waals surface area contributed by atoms with Crippen molar-refractivity contribution in [2.45, 2.75) is 20.3 Å². The molecule has 0 spiro atoms. The summed E-state index contributed by atoms with van der Waals surface area (Å²) < 4.78 is 0. The fraction of sp³-hybridized carbons (Fsp3) is 0.158. The van der Waals surface area contributed by atoms with E-state index in [9.17, 15) is 10.2 Å². The van der Waals surface area contributed by atoms with Gasteiger partial charge in [0.1, 0.15) is 11.5 Å². The van der Waals surface area contributed by atoms with Crippen molar-refractivity contribution in [1.29, 1.82) is 0 Å². The van der Waals surface area contributed by atoms with Gasteiger partial charge in [0.2, 0.25) is 0 Å². The van der Waals surface area contributed by atoms with Crippen molar-refractivity contribution in [1.82, 2.24) is 0 Å². The van der Waals surface area contributed by atoms with Crippen molar-refractivity contribution < 1.29 is 10.2 Å². The van der Waals surface area contributed by atoms with Gasteiger partial charge in [0.15, 0.2) is 0 Å². The molecule has 0 aromatic heterocycles. The number of rotatable bonds is 1. The number of aryl methyl sites for hydroxylation is 1. The molecule has 1 aliphatic carbocycles. The molecule has 0 fully saturated rings. The van der Waals surface area contributed by atoms with Crippen LogP contribution in [-0.4, -0.2) is 10.2 Å². The van der Waals surface area contributed by atoms with Crippen molar-refractivity contribution >= 4 is 11.6 Å². The van der Waals surface area contributed by atoms with Gasteiger partial charge < -0.3 is 10.2 Å². The van der Waals surface area contributed by atoms with E-state index in [1.165, 1.54) is 0 Å². The van der Waals surface area contributed by atoms with Gasteiger partial charge in [-0.2, -0.15) is 0 Å². The molecule has 0 bridgehead atoms. The molecule has 1 aliphatic rings. The SMILES string of the molecule is C=C1/C(=C/c2ccc(O)cc2)Cc2cc(C)c(C)c(O)c21. The highest BCUT2D eigenvalue weighted by molar-refractivity contribution is 5.92. The first-order valence-corrected chi connectivity index (χ1v) is 6.98. The quantitative estimate of drug-likeness (QED) is 0.813. The van der Waals surface area contributed by atoms with Crippen LogP contribution in [0.25, 0.3) is 11.6 Å². The van der Waals surface area contributed by atoms with Crippen LogP contribution in [0.3, 0.4) is 0 Å². The summed E-state index contributed by atoms with van der Waals surface area (Å²) in [6, 6.07) is 9.21. The fourth-order valence-corrected chi connectivity index (χ4v) is 2.83. The van der Waals surface area contributed by atoms with Crippen LogP contribution in [0.2, 0.25) is 0 Å². The van der Waals surface area contributed by atoms with E-state index in [4.69, 9.17) is 0 Å². The van der Waals surface area contributed by atoms with Crippen LogP contribution in [-0.2, 0) is 6.42 Å². The highest BCUT2D eigenvalue weighted by atomic mass is 16.3. The molecule has 0 unspecified atom stereocenters. The molecule has 2 heteroatoms. The molecule has 0 saturated carbocycles. The van der Waals surface area contributed by atoms with Crippen LogP contribution >= 0.6 is 0 Å². The van der Waals surface area contributed by atoms with Gasteiger partial charge in [-0.1, -0.05) is 30.9 Å². The Balaban J connectivity index is 2.04. The minimum Gasteiger partial charge on any atom is -0.508 e. The number of allylic oxidation sites excluding steroid dienone is 2. The zero-order valence-corrected chi connectivity index (χ0v) is 12.3. The van der Waals surface area contributed by atoms with Gasteiger partial charge in [-0.3, -0.25) is 0 Å². The molecule has 0 aliphatic heterocycles. The third kappa shape index (κ3) is 2.23. The van der Waals surface area contributed by atoms with E-state index >= 15 is 0 Å². The number of phenolic OH excluding ortho intramolecular Hbond substituents is 2. The molecule has 106 valence electrons. The number of phenols is 2. The monoisotopic (exact) mass is 278 g/mol. The van der Waals surface area contributed by atoms with E-state index in [-0.39, 0.29) is 5.75 Å². The zero-order chi connectivity index (χ0) is 15.1. The molecule has 2 aromatic carbocycles. The number of benzene rings is 2. The average molecular weight is 278 g/mol. The predicted octanol–water partition coefficient (Wildman–Crippen LogP) is 4.37. The summed E-state index contributed by atoms with van der Waals surface area (Å²) >= 11 is 0. The summed E-state index contributed by atoms with van der Waals surface area (Å²) in [5.74, 6) is 0.610. The van der Waals surface area contributed by atoms with Crippen LogP contribution in [0.15, 0.2) is 42.5 Å². The van der Waals surface area contributed by atoms with Crippen LogP contribution in [0.1, 0.15) is 27.8 Å². The van der Waals surface area contributed by atoms with Gasteiger partial charge >= 0.3 is 0 Å². The summed E-state index contributed by atoms with van der Waals surface area (Å²) in [5, 5.41) is 19.7. The summed E-state index contributed by atoms with van der Waals surface area (Å²) in [7, 11) is 0. The summed E-state index contributed by atoms with van der Waals surface area (Å²) in [6.45, 7) is 8.09. The van der Waals surface area contributed by atoms with Crippen LogP contribution in [0.5, 0.6) is 11.5 Å². The van der Waals surface area contributed by atoms with Crippen molar-refractivity contribution in [3.63, 3.8) is 0 Å². The molecule has 2 N–H and O–H groups in total. The first kappa shape index (κ1) is 13.5. The molecule has 2 aromatic rings. The zero-order valence-electron chi connectivity index (χ0n) is 12.3. The van der Waals surface area contributed by atoms with E-state index in [2.05, 4.69) is 18.7 Å². The van der Waals surface area contributed by atoms with Crippen molar-refractivity contribution in [3.05, 3.63) is 70.3 Å². The topological polar surface area (TPSA) is 40.5 Å². The van der Waals surface area contributed by atoms with E-state index in [1.807, 2.05) is 26.0 Å². The van der Waals surface area contributed by atoms with Gasteiger partial charge in [-0.15, -0.1) is 0 Å². The Morgan fingerprint density at radius 1 is 1.10 bits per heavy atom. The first-order chi connectivity index (χ1) is 9.97. The Labute approximate surface area is 124 Å². The summed E-state index contributed by atoms with van der Waals surface area (Å²) in [5.41, 5.74) is 7.04. The van der Waals surface area contributed by atoms with Crippen LogP contribution in [0.4, 0.5) is 0 Å².